The van der Waals surface area contributed by atoms with Gasteiger partial charge >= 0.3 is 0 Å². The minimum Gasteiger partial charge on any atom is -0.378 e. The number of allylic oxidation sites excluding steroid dienone is 1. The molecule has 0 aliphatic heterocycles. The molecule has 0 fully saturated rings. The molecule has 0 heterocycles. The van der Waals surface area contributed by atoms with E-state index in [1.54, 1.807) is 0 Å². The lowest BCUT2D eigenvalue weighted by atomic mass is 9.88. The summed E-state index contributed by atoms with van der Waals surface area (Å²) in [6.07, 6.45) is 2.24. The zero-order valence-electron chi connectivity index (χ0n) is 9.60. The predicted molar refractivity (Wildman–Crippen MR) is 56.1 cm³/mol. The fourth-order valence-electron chi connectivity index (χ4n) is 0.648. The van der Waals surface area contributed by atoms with Gasteiger partial charge in [0.2, 0.25) is 0 Å². The van der Waals surface area contributed by atoms with E-state index in [0.29, 0.717) is 11.5 Å². The van der Waals surface area contributed by atoms with Crippen LogP contribution in [-0.2, 0) is 0 Å². The van der Waals surface area contributed by atoms with Crippen molar-refractivity contribution in [3.63, 3.8) is 0 Å². The smallest absolute Gasteiger partial charge is 0.0224 e. The summed E-state index contributed by atoms with van der Waals surface area (Å²) < 4.78 is 0. The van der Waals surface area contributed by atoms with Crippen molar-refractivity contribution in [2.45, 2.75) is 47.6 Å². The molecular weight excluding hydrogens is 146 g/mol. The molecule has 0 saturated carbocycles. The maximum atomic E-state index is 2.25. The lowest BCUT2D eigenvalue weighted by Crippen LogP contribution is -2.22. The molecule has 0 aliphatic rings. The first kappa shape index (κ1) is 11.5. The lowest BCUT2D eigenvalue weighted by Gasteiger charge is -2.25. The molecule has 0 aliphatic carbocycles. The van der Waals surface area contributed by atoms with Crippen molar-refractivity contribution in [3.8, 4) is 0 Å². The van der Waals surface area contributed by atoms with E-state index in [-0.39, 0.29) is 0 Å². The minimum atomic E-state index is 0.295. The second-order valence-electron chi connectivity index (χ2n) is 4.82. The molecule has 0 aromatic rings. The summed E-state index contributed by atoms with van der Waals surface area (Å²) in [5, 5.41) is 0. The molecule has 0 amide bonds. The SMILES string of the molecule is C/C(=C\N(C)C(C)C)C(C)(C)C. The van der Waals surface area contributed by atoms with E-state index in [4.69, 9.17) is 0 Å². The highest BCUT2D eigenvalue weighted by atomic mass is 15.1. The van der Waals surface area contributed by atoms with Crippen molar-refractivity contribution >= 4 is 0 Å². The van der Waals surface area contributed by atoms with E-state index in [1.807, 2.05) is 0 Å². The Morgan fingerprint density at radius 2 is 1.67 bits per heavy atom. The van der Waals surface area contributed by atoms with Crippen molar-refractivity contribution in [2.75, 3.05) is 7.05 Å². The van der Waals surface area contributed by atoms with Gasteiger partial charge < -0.3 is 4.90 Å². The van der Waals surface area contributed by atoms with Gasteiger partial charge in [-0.25, -0.2) is 0 Å². The number of hydrogen-bond donors (Lipinski definition) is 0. The van der Waals surface area contributed by atoms with Crippen LogP contribution in [0.1, 0.15) is 41.5 Å². The average molecular weight is 169 g/mol. The molecule has 0 aromatic heterocycles. The largest absolute Gasteiger partial charge is 0.378 e. The number of rotatable bonds is 2. The average Bonchev–Trinajstić information content (AvgIpc) is 1.85. The Balaban J connectivity index is 4.36. The van der Waals surface area contributed by atoms with Gasteiger partial charge in [0.25, 0.3) is 0 Å². The van der Waals surface area contributed by atoms with E-state index >= 15 is 0 Å². The van der Waals surface area contributed by atoms with Gasteiger partial charge in [0.05, 0.1) is 0 Å². The summed E-state index contributed by atoms with van der Waals surface area (Å²) >= 11 is 0. The molecule has 0 rings (SSSR count). The van der Waals surface area contributed by atoms with Crippen LogP contribution in [0.15, 0.2) is 11.8 Å². The van der Waals surface area contributed by atoms with Crippen LogP contribution in [0, 0.1) is 5.41 Å². The first-order valence-corrected chi connectivity index (χ1v) is 4.66. The van der Waals surface area contributed by atoms with Crippen LogP contribution in [-0.4, -0.2) is 18.0 Å². The van der Waals surface area contributed by atoms with Crippen molar-refractivity contribution in [3.05, 3.63) is 11.8 Å². The zero-order valence-corrected chi connectivity index (χ0v) is 9.60. The van der Waals surface area contributed by atoms with Gasteiger partial charge in [-0.1, -0.05) is 26.3 Å². The first-order chi connectivity index (χ1) is 5.25. The van der Waals surface area contributed by atoms with Gasteiger partial charge in [-0.15, -0.1) is 0 Å². The highest BCUT2D eigenvalue weighted by Crippen LogP contribution is 2.24. The van der Waals surface area contributed by atoms with E-state index < -0.39 is 0 Å². The molecular formula is C11H23N. The standard InChI is InChI=1S/C11H23N/c1-9(2)12(7)8-10(3)11(4,5)6/h8-9H,1-7H3/b10-8+. The predicted octanol–water partition coefficient (Wildman–Crippen LogP) is 3.28. The fourth-order valence-corrected chi connectivity index (χ4v) is 0.648. The number of nitrogens with zero attached hydrogens (tertiary/aromatic N) is 1. The fraction of sp³-hybridized carbons (Fsp3) is 0.818. The van der Waals surface area contributed by atoms with Crippen LogP contribution in [0.25, 0.3) is 0 Å². The Kier molecular flexibility index (Phi) is 3.82. The third-order valence-electron chi connectivity index (χ3n) is 2.39. The Hall–Kier alpha value is -0.460. The van der Waals surface area contributed by atoms with Crippen LogP contribution < -0.4 is 0 Å². The van der Waals surface area contributed by atoms with Crippen molar-refractivity contribution < 1.29 is 0 Å². The highest BCUT2D eigenvalue weighted by Gasteiger charge is 2.13. The number of hydrogen-bond acceptors (Lipinski definition) is 1. The summed E-state index contributed by atoms with van der Waals surface area (Å²) in [6.45, 7) is 13.3. The Labute approximate surface area is 77.5 Å². The van der Waals surface area contributed by atoms with Gasteiger partial charge in [0, 0.05) is 13.1 Å². The van der Waals surface area contributed by atoms with Crippen LogP contribution in [0.5, 0.6) is 0 Å². The van der Waals surface area contributed by atoms with E-state index in [0.717, 1.165) is 0 Å². The summed E-state index contributed by atoms with van der Waals surface area (Å²) in [5.74, 6) is 0. The van der Waals surface area contributed by atoms with Gasteiger partial charge in [-0.2, -0.15) is 0 Å². The maximum absolute atomic E-state index is 2.25. The van der Waals surface area contributed by atoms with Gasteiger partial charge in [-0.05, 0) is 32.4 Å². The molecule has 0 N–H and O–H groups in total. The zero-order chi connectivity index (χ0) is 9.94. The molecule has 1 heteroatoms. The van der Waals surface area contributed by atoms with Gasteiger partial charge in [0.1, 0.15) is 0 Å². The van der Waals surface area contributed by atoms with Crippen LogP contribution in [0.2, 0.25) is 0 Å². The molecule has 72 valence electrons. The Morgan fingerprint density at radius 1 is 1.25 bits per heavy atom. The third-order valence-corrected chi connectivity index (χ3v) is 2.39. The molecule has 0 radical (unpaired) electrons. The molecule has 0 unspecified atom stereocenters. The van der Waals surface area contributed by atoms with E-state index in [1.165, 1.54) is 5.57 Å². The summed E-state index contributed by atoms with van der Waals surface area (Å²) in [7, 11) is 2.12. The summed E-state index contributed by atoms with van der Waals surface area (Å²) in [5.41, 5.74) is 1.72. The van der Waals surface area contributed by atoms with Crippen molar-refractivity contribution in [2.24, 2.45) is 5.41 Å². The minimum absolute atomic E-state index is 0.295. The second-order valence-corrected chi connectivity index (χ2v) is 4.82. The van der Waals surface area contributed by atoms with Crippen LogP contribution in [0.3, 0.4) is 0 Å². The van der Waals surface area contributed by atoms with Crippen LogP contribution >= 0.6 is 0 Å². The molecule has 0 saturated heterocycles. The van der Waals surface area contributed by atoms with Gasteiger partial charge in [0.15, 0.2) is 0 Å². The molecule has 0 spiro atoms. The highest BCUT2D eigenvalue weighted by molar-refractivity contribution is 5.06. The summed E-state index contributed by atoms with van der Waals surface area (Å²) in [6, 6.07) is 0.585. The summed E-state index contributed by atoms with van der Waals surface area (Å²) in [4.78, 5) is 2.25. The first-order valence-electron chi connectivity index (χ1n) is 4.66. The van der Waals surface area contributed by atoms with Gasteiger partial charge in [-0.3, -0.25) is 0 Å². The molecule has 12 heavy (non-hydrogen) atoms. The third kappa shape index (κ3) is 3.80. The topological polar surface area (TPSA) is 3.24 Å². The second kappa shape index (κ2) is 3.97. The van der Waals surface area contributed by atoms with E-state index in [9.17, 15) is 0 Å². The van der Waals surface area contributed by atoms with Crippen molar-refractivity contribution in [1.82, 2.24) is 4.90 Å². The Morgan fingerprint density at radius 3 is 1.92 bits per heavy atom. The molecule has 0 atom stereocenters. The monoisotopic (exact) mass is 169 g/mol. The van der Waals surface area contributed by atoms with Crippen LogP contribution in [0.4, 0.5) is 0 Å². The molecule has 0 aromatic carbocycles. The maximum Gasteiger partial charge on any atom is 0.0224 e. The Bertz CT molecular complexity index is 160. The van der Waals surface area contributed by atoms with E-state index in [2.05, 4.69) is 59.7 Å². The normalized spacial score (nSPS) is 13.8. The molecule has 0 bridgehead atoms. The quantitative estimate of drug-likeness (QED) is 0.613. The van der Waals surface area contributed by atoms with Crippen molar-refractivity contribution in [1.29, 1.82) is 0 Å². The lowest BCUT2D eigenvalue weighted by molar-refractivity contribution is 0.361. The molecule has 1 nitrogen and oxygen atoms in total.